The van der Waals surface area contributed by atoms with Crippen LogP contribution < -0.4 is 0 Å². The van der Waals surface area contributed by atoms with Gasteiger partial charge in [-0.1, -0.05) is 11.6 Å². The maximum atomic E-state index is 12.3. The summed E-state index contributed by atoms with van der Waals surface area (Å²) in [5.74, 6) is -1.15. The van der Waals surface area contributed by atoms with Crippen molar-refractivity contribution in [3.05, 3.63) is 23.2 Å². The molecule has 0 bridgehead atoms. The maximum absolute atomic E-state index is 12.3. The van der Waals surface area contributed by atoms with Crippen LogP contribution in [0.4, 0.5) is 0 Å². The number of benzene rings is 1. The van der Waals surface area contributed by atoms with Gasteiger partial charge in [-0.15, -0.1) is 0 Å². The lowest BCUT2D eigenvalue weighted by Crippen LogP contribution is -2.29. The molecule has 0 amide bonds. The van der Waals surface area contributed by atoms with Crippen molar-refractivity contribution < 1.29 is 26.7 Å². The number of halogens is 1. The third kappa shape index (κ3) is 4.40. The van der Waals surface area contributed by atoms with E-state index in [1.54, 1.807) is 0 Å². The third-order valence-corrected chi connectivity index (χ3v) is 6.11. The van der Waals surface area contributed by atoms with Crippen LogP contribution in [0, 0.1) is 0 Å². The van der Waals surface area contributed by atoms with E-state index in [0.717, 1.165) is 16.6 Å². The van der Waals surface area contributed by atoms with E-state index in [1.807, 2.05) is 0 Å². The number of carbonyl (C=O) groups is 1. The van der Waals surface area contributed by atoms with Gasteiger partial charge in [0.2, 0.25) is 10.0 Å². The first-order valence-electron chi connectivity index (χ1n) is 5.64. The maximum Gasteiger partial charge on any atom is 0.304 e. The lowest BCUT2D eigenvalue weighted by Gasteiger charge is -2.17. The molecule has 0 aliphatic heterocycles. The van der Waals surface area contributed by atoms with E-state index in [-0.39, 0.29) is 27.8 Å². The highest BCUT2D eigenvalue weighted by Crippen LogP contribution is 2.27. The molecule has 1 rings (SSSR count). The molecule has 21 heavy (non-hydrogen) atoms. The van der Waals surface area contributed by atoms with Gasteiger partial charge in [-0.2, -0.15) is 0 Å². The zero-order chi connectivity index (χ0) is 16.4. The molecule has 7 nitrogen and oxygen atoms in total. The molecular weight excluding hydrogens is 342 g/mol. The predicted molar refractivity (Wildman–Crippen MR) is 76.6 cm³/mol. The highest BCUT2D eigenvalue weighted by atomic mass is 35.5. The van der Waals surface area contributed by atoms with E-state index in [4.69, 9.17) is 16.7 Å². The molecule has 118 valence electrons. The van der Waals surface area contributed by atoms with Gasteiger partial charge in [-0.3, -0.25) is 4.79 Å². The van der Waals surface area contributed by atoms with Crippen LogP contribution in [0.5, 0.6) is 0 Å². The van der Waals surface area contributed by atoms with E-state index >= 15 is 0 Å². The summed E-state index contributed by atoms with van der Waals surface area (Å²) >= 11 is 5.82. The first-order valence-corrected chi connectivity index (χ1v) is 9.35. The summed E-state index contributed by atoms with van der Waals surface area (Å²) in [6.45, 7) is -0.253. The number of hydrogen-bond acceptors (Lipinski definition) is 5. The molecule has 0 aliphatic rings. The van der Waals surface area contributed by atoms with Gasteiger partial charge in [-0.05, 0) is 18.2 Å². The number of nitrogens with zero attached hydrogens (tertiary/aromatic N) is 1. The van der Waals surface area contributed by atoms with Crippen molar-refractivity contribution in [2.45, 2.75) is 16.2 Å². The molecular formula is C11H14ClNO6S2. The number of carboxylic acid groups (broad SMARTS) is 1. The second kappa shape index (κ2) is 6.30. The number of aliphatic carboxylic acids is 1. The minimum absolute atomic E-state index is 0.135. The Balaban J connectivity index is 3.28. The SMILES string of the molecule is CN(CCC(=O)O)S(=O)(=O)c1cc(S(C)(=O)=O)ccc1Cl. The van der Waals surface area contributed by atoms with Crippen LogP contribution in [0.25, 0.3) is 0 Å². The van der Waals surface area contributed by atoms with Gasteiger partial charge in [0, 0.05) is 19.8 Å². The van der Waals surface area contributed by atoms with Crippen LogP contribution in [0.3, 0.4) is 0 Å². The third-order valence-electron chi connectivity index (χ3n) is 2.66. The highest BCUT2D eigenvalue weighted by Gasteiger charge is 2.25. The smallest absolute Gasteiger partial charge is 0.304 e. The van der Waals surface area contributed by atoms with Crippen LogP contribution >= 0.6 is 11.6 Å². The Kier molecular flexibility index (Phi) is 5.37. The summed E-state index contributed by atoms with van der Waals surface area (Å²) in [6.07, 6.45) is 0.569. The summed E-state index contributed by atoms with van der Waals surface area (Å²) < 4.78 is 48.4. The second-order valence-electron chi connectivity index (χ2n) is 4.33. The number of hydrogen-bond donors (Lipinski definition) is 1. The molecule has 1 aromatic carbocycles. The summed E-state index contributed by atoms with van der Waals surface area (Å²) in [4.78, 5) is 9.93. The number of rotatable bonds is 6. The van der Waals surface area contributed by atoms with Crippen LogP contribution in [0.2, 0.25) is 5.02 Å². The number of sulfone groups is 1. The fraction of sp³-hybridized carbons (Fsp3) is 0.364. The zero-order valence-electron chi connectivity index (χ0n) is 11.3. The monoisotopic (exact) mass is 355 g/mol. The standard InChI is InChI=1S/C11H14ClNO6S2/c1-13(6-5-11(14)15)21(18,19)10-7-8(20(2,16)17)3-4-9(10)12/h3-4,7H,5-6H2,1-2H3,(H,14,15). The van der Waals surface area contributed by atoms with Crippen molar-refractivity contribution in [1.82, 2.24) is 4.31 Å². The largest absolute Gasteiger partial charge is 0.481 e. The fourth-order valence-electron chi connectivity index (χ4n) is 1.45. The van der Waals surface area contributed by atoms with Crippen LogP contribution in [-0.2, 0) is 24.7 Å². The quantitative estimate of drug-likeness (QED) is 0.809. The van der Waals surface area contributed by atoms with E-state index in [9.17, 15) is 21.6 Å². The van der Waals surface area contributed by atoms with Gasteiger partial charge in [-0.25, -0.2) is 21.1 Å². The molecule has 0 radical (unpaired) electrons. The minimum atomic E-state index is -4.07. The van der Waals surface area contributed by atoms with Crippen molar-refractivity contribution in [1.29, 1.82) is 0 Å². The minimum Gasteiger partial charge on any atom is -0.481 e. The van der Waals surface area contributed by atoms with E-state index in [1.165, 1.54) is 19.2 Å². The van der Waals surface area contributed by atoms with Gasteiger partial charge in [0.1, 0.15) is 4.90 Å². The van der Waals surface area contributed by atoms with Crippen molar-refractivity contribution in [3.8, 4) is 0 Å². The van der Waals surface area contributed by atoms with Crippen molar-refractivity contribution in [2.75, 3.05) is 19.8 Å². The van der Waals surface area contributed by atoms with Crippen molar-refractivity contribution >= 4 is 37.4 Å². The predicted octanol–water partition coefficient (Wildman–Crippen LogP) is 0.839. The van der Waals surface area contributed by atoms with Gasteiger partial charge in [0.15, 0.2) is 9.84 Å². The molecule has 0 saturated carbocycles. The topological polar surface area (TPSA) is 109 Å². The summed E-state index contributed by atoms with van der Waals surface area (Å²) in [5.41, 5.74) is 0. The molecule has 0 aromatic heterocycles. The van der Waals surface area contributed by atoms with E-state index < -0.39 is 25.8 Å². The summed E-state index contributed by atoms with van der Waals surface area (Å²) in [5, 5.41) is 8.44. The average molecular weight is 356 g/mol. The first kappa shape index (κ1) is 17.9. The fourth-order valence-corrected chi connectivity index (χ4v) is 3.84. The first-order chi connectivity index (χ1) is 9.46. The van der Waals surface area contributed by atoms with Crippen LogP contribution in [-0.4, -0.2) is 52.1 Å². The Bertz CT molecular complexity index is 757. The highest BCUT2D eigenvalue weighted by molar-refractivity contribution is 7.91. The van der Waals surface area contributed by atoms with E-state index in [0.29, 0.717) is 0 Å². The molecule has 1 aromatic rings. The van der Waals surface area contributed by atoms with E-state index in [2.05, 4.69) is 0 Å². The molecule has 0 aliphatic carbocycles. The normalized spacial score (nSPS) is 12.6. The van der Waals surface area contributed by atoms with Gasteiger partial charge >= 0.3 is 5.97 Å². The molecule has 10 heteroatoms. The molecule has 0 heterocycles. The average Bonchev–Trinajstić information content (AvgIpc) is 2.34. The Labute approximate surface area is 128 Å². The van der Waals surface area contributed by atoms with Gasteiger partial charge < -0.3 is 5.11 Å². The lowest BCUT2D eigenvalue weighted by molar-refractivity contribution is -0.137. The Morgan fingerprint density at radius 3 is 2.33 bits per heavy atom. The van der Waals surface area contributed by atoms with Crippen molar-refractivity contribution in [3.63, 3.8) is 0 Å². The summed E-state index contributed by atoms with van der Waals surface area (Å²) in [7, 11) is -6.47. The van der Waals surface area contributed by atoms with Crippen LogP contribution in [0.1, 0.15) is 6.42 Å². The van der Waals surface area contributed by atoms with Gasteiger partial charge in [0.05, 0.1) is 16.3 Å². The van der Waals surface area contributed by atoms with Crippen LogP contribution in [0.15, 0.2) is 28.0 Å². The molecule has 0 atom stereocenters. The number of sulfonamides is 1. The zero-order valence-corrected chi connectivity index (χ0v) is 13.7. The molecule has 1 N–H and O–H groups in total. The lowest BCUT2D eigenvalue weighted by atomic mass is 10.4. The Morgan fingerprint density at radius 1 is 1.29 bits per heavy atom. The van der Waals surface area contributed by atoms with Crippen molar-refractivity contribution in [2.24, 2.45) is 0 Å². The molecule has 0 saturated heterocycles. The Morgan fingerprint density at radius 2 is 1.86 bits per heavy atom. The molecule has 0 spiro atoms. The second-order valence-corrected chi connectivity index (χ2v) is 8.77. The van der Waals surface area contributed by atoms with Gasteiger partial charge in [0.25, 0.3) is 0 Å². The summed E-state index contributed by atoms with van der Waals surface area (Å²) in [6, 6.07) is 3.34. The number of carboxylic acids is 1. The molecule has 0 fully saturated rings. The molecule has 0 unspecified atom stereocenters. The Hall–Kier alpha value is -1.16.